The fourth-order valence-electron chi connectivity index (χ4n) is 1.22. The molecule has 1 nitrogen and oxygen atoms in total. The van der Waals surface area contributed by atoms with Gasteiger partial charge in [0, 0.05) is 4.90 Å². The summed E-state index contributed by atoms with van der Waals surface area (Å²) in [6.45, 7) is 3.92. The molecule has 1 aromatic rings. The van der Waals surface area contributed by atoms with Crippen molar-refractivity contribution in [2.75, 3.05) is 5.75 Å². The lowest BCUT2D eigenvalue weighted by atomic mass is 10.1. The van der Waals surface area contributed by atoms with E-state index in [9.17, 15) is 5.11 Å². The zero-order chi connectivity index (χ0) is 11.3. The van der Waals surface area contributed by atoms with E-state index >= 15 is 0 Å². The van der Waals surface area contributed by atoms with Crippen LogP contribution in [0.1, 0.15) is 38.4 Å². The minimum absolute atomic E-state index is 0.447. The first-order valence-electron chi connectivity index (χ1n) is 5.25. The summed E-state index contributed by atoms with van der Waals surface area (Å²) >= 11 is 7.90. The van der Waals surface area contributed by atoms with Crippen molar-refractivity contribution in [3.05, 3.63) is 28.8 Å². The summed E-state index contributed by atoms with van der Waals surface area (Å²) in [6.07, 6.45) is 1.97. The standard InChI is InChI=1S/C12H17ClOS/c1-3-4-7-15-12-6-5-10(9(2)14)8-11(12)13/h5-6,8-9,14H,3-4,7H2,1-2H3. The van der Waals surface area contributed by atoms with Crippen molar-refractivity contribution in [2.45, 2.75) is 37.7 Å². The second-order valence-corrected chi connectivity index (χ2v) is 5.11. The number of rotatable bonds is 5. The molecular weight excluding hydrogens is 228 g/mol. The molecule has 84 valence electrons. The monoisotopic (exact) mass is 244 g/mol. The van der Waals surface area contributed by atoms with Gasteiger partial charge in [-0.1, -0.05) is 31.0 Å². The predicted molar refractivity (Wildman–Crippen MR) is 67.7 cm³/mol. The molecule has 0 aliphatic rings. The molecule has 0 amide bonds. The van der Waals surface area contributed by atoms with E-state index < -0.39 is 6.10 Å². The number of halogens is 1. The van der Waals surface area contributed by atoms with Crippen LogP contribution in [0, 0.1) is 0 Å². The second-order valence-electron chi connectivity index (χ2n) is 3.57. The Morgan fingerprint density at radius 1 is 1.47 bits per heavy atom. The third-order valence-electron chi connectivity index (χ3n) is 2.19. The van der Waals surface area contributed by atoms with Crippen molar-refractivity contribution < 1.29 is 5.11 Å². The number of aliphatic hydroxyl groups is 1. The Bertz CT molecular complexity index is 312. The van der Waals surface area contributed by atoms with Crippen LogP contribution in [0.3, 0.4) is 0 Å². The topological polar surface area (TPSA) is 20.2 Å². The number of unbranched alkanes of at least 4 members (excludes halogenated alkanes) is 1. The minimum atomic E-state index is -0.447. The molecule has 0 aliphatic heterocycles. The van der Waals surface area contributed by atoms with Gasteiger partial charge >= 0.3 is 0 Å². The van der Waals surface area contributed by atoms with Gasteiger partial charge in [-0.2, -0.15) is 0 Å². The van der Waals surface area contributed by atoms with E-state index in [-0.39, 0.29) is 0 Å². The first-order chi connectivity index (χ1) is 7.15. The van der Waals surface area contributed by atoms with E-state index in [2.05, 4.69) is 6.92 Å². The maximum atomic E-state index is 9.39. The molecule has 1 unspecified atom stereocenters. The first kappa shape index (κ1) is 12.9. The van der Waals surface area contributed by atoms with Crippen LogP contribution in [0.25, 0.3) is 0 Å². The van der Waals surface area contributed by atoms with Crippen molar-refractivity contribution in [1.82, 2.24) is 0 Å². The molecule has 0 saturated heterocycles. The molecule has 0 heterocycles. The fraction of sp³-hybridized carbons (Fsp3) is 0.500. The molecule has 0 saturated carbocycles. The lowest BCUT2D eigenvalue weighted by molar-refractivity contribution is 0.199. The van der Waals surface area contributed by atoms with Gasteiger partial charge in [0.15, 0.2) is 0 Å². The van der Waals surface area contributed by atoms with E-state index in [0.29, 0.717) is 0 Å². The van der Waals surface area contributed by atoms with Gasteiger partial charge in [-0.05, 0) is 36.8 Å². The summed E-state index contributed by atoms with van der Waals surface area (Å²) in [4.78, 5) is 1.11. The molecule has 0 fully saturated rings. The molecular formula is C12H17ClOS. The molecule has 1 atom stereocenters. The number of benzene rings is 1. The molecule has 0 spiro atoms. The zero-order valence-corrected chi connectivity index (χ0v) is 10.7. The summed E-state index contributed by atoms with van der Waals surface area (Å²) < 4.78 is 0. The molecule has 1 N–H and O–H groups in total. The van der Waals surface area contributed by atoms with Crippen molar-refractivity contribution in [1.29, 1.82) is 0 Å². The third-order valence-corrected chi connectivity index (χ3v) is 3.78. The predicted octanol–water partition coefficient (Wildman–Crippen LogP) is 4.29. The Hall–Kier alpha value is -0.180. The van der Waals surface area contributed by atoms with Crippen LogP contribution in [-0.4, -0.2) is 10.9 Å². The van der Waals surface area contributed by atoms with Crippen LogP contribution < -0.4 is 0 Å². The van der Waals surface area contributed by atoms with Gasteiger partial charge in [0.05, 0.1) is 11.1 Å². The summed E-state index contributed by atoms with van der Waals surface area (Å²) in [6, 6.07) is 5.77. The van der Waals surface area contributed by atoms with E-state index in [4.69, 9.17) is 11.6 Å². The lowest BCUT2D eigenvalue weighted by Gasteiger charge is -2.08. The van der Waals surface area contributed by atoms with Gasteiger partial charge in [0.2, 0.25) is 0 Å². The van der Waals surface area contributed by atoms with Gasteiger partial charge in [-0.3, -0.25) is 0 Å². The Kier molecular flexibility index (Phi) is 5.51. The van der Waals surface area contributed by atoms with Gasteiger partial charge in [-0.15, -0.1) is 11.8 Å². The van der Waals surface area contributed by atoms with Crippen molar-refractivity contribution in [3.8, 4) is 0 Å². The lowest BCUT2D eigenvalue weighted by Crippen LogP contribution is -1.91. The maximum Gasteiger partial charge on any atom is 0.0762 e. The van der Waals surface area contributed by atoms with Crippen molar-refractivity contribution in [2.24, 2.45) is 0 Å². The molecule has 1 rings (SSSR count). The van der Waals surface area contributed by atoms with Gasteiger partial charge in [0.1, 0.15) is 0 Å². The van der Waals surface area contributed by atoms with Gasteiger partial charge in [0.25, 0.3) is 0 Å². The second kappa shape index (κ2) is 6.41. The summed E-state index contributed by atoms with van der Waals surface area (Å²) in [5, 5.41) is 10.1. The highest BCUT2D eigenvalue weighted by Gasteiger charge is 2.05. The highest BCUT2D eigenvalue weighted by molar-refractivity contribution is 7.99. The van der Waals surface area contributed by atoms with Crippen LogP contribution in [0.5, 0.6) is 0 Å². The fourth-order valence-corrected chi connectivity index (χ4v) is 2.59. The van der Waals surface area contributed by atoms with Crippen LogP contribution >= 0.6 is 23.4 Å². The Morgan fingerprint density at radius 3 is 2.73 bits per heavy atom. The maximum absolute atomic E-state index is 9.39. The average Bonchev–Trinajstić information content (AvgIpc) is 2.20. The van der Waals surface area contributed by atoms with E-state index in [1.807, 2.05) is 18.2 Å². The zero-order valence-electron chi connectivity index (χ0n) is 9.16. The van der Waals surface area contributed by atoms with E-state index in [1.165, 1.54) is 12.8 Å². The van der Waals surface area contributed by atoms with Crippen LogP contribution in [0.4, 0.5) is 0 Å². The molecule has 0 radical (unpaired) electrons. The molecule has 0 aliphatic carbocycles. The Morgan fingerprint density at radius 2 is 2.20 bits per heavy atom. The van der Waals surface area contributed by atoms with Gasteiger partial charge < -0.3 is 5.11 Å². The molecule has 15 heavy (non-hydrogen) atoms. The Labute approximate surface area is 101 Å². The number of thioether (sulfide) groups is 1. The third kappa shape index (κ3) is 4.06. The van der Waals surface area contributed by atoms with Crippen molar-refractivity contribution in [3.63, 3.8) is 0 Å². The normalized spacial score (nSPS) is 12.8. The summed E-state index contributed by atoms with van der Waals surface area (Å²) in [5.74, 6) is 1.10. The largest absolute Gasteiger partial charge is 0.389 e. The number of hydrogen-bond donors (Lipinski definition) is 1. The smallest absolute Gasteiger partial charge is 0.0762 e. The minimum Gasteiger partial charge on any atom is -0.389 e. The van der Waals surface area contributed by atoms with Gasteiger partial charge in [-0.25, -0.2) is 0 Å². The summed E-state index contributed by atoms with van der Waals surface area (Å²) in [5.41, 5.74) is 0.875. The van der Waals surface area contributed by atoms with Crippen LogP contribution in [0.2, 0.25) is 5.02 Å². The quantitative estimate of drug-likeness (QED) is 0.616. The first-order valence-corrected chi connectivity index (χ1v) is 6.61. The van der Waals surface area contributed by atoms with Crippen molar-refractivity contribution >= 4 is 23.4 Å². The van der Waals surface area contributed by atoms with Crippen LogP contribution in [0.15, 0.2) is 23.1 Å². The SMILES string of the molecule is CCCCSc1ccc(C(C)O)cc1Cl. The number of aliphatic hydroxyl groups excluding tert-OH is 1. The molecule has 0 aromatic heterocycles. The molecule has 0 bridgehead atoms. The van der Waals surface area contributed by atoms with Crippen LogP contribution in [-0.2, 0) is 0 Å². The van der Waals surface area contributed by atoms with E-state index in [0.717, 1.165) is 21.2 Å². The summed E-state index contributed by atoms with van der Waals surface area (Å²) in [7, 11) is 0. The highest BCUT2D eigenvalue weighted by Crippen LogP contribution is 2.30. The van der Waals surface area contributed by atoms with E-state index in [1.54, 1.807) is 18.7 Å². The Balaban J connectivity index is 2.66. The number of hydrogen-bond acceptors (Lipinski definition) is 2. The molecule has 1 aromatic carbocycles. The average molecular weight is 245 g/mol. The highest BCUT2D eigenvalue weighted by atomic mass is 35.5. The molecule has 3 heteroatoms.